The van der Waals surface area contributed by atoms with Crippen molar-refractivity contribution < 1.29 is 24.5 Å². The molecule has 0 aliphatic rings. The first-order valence-electron chi connectivity index (χ1n) is 37.6. The molecule has 0 aromatic heterocycles. The number of aliphatic hydroxyl groups excluding tert-OH is 2. The van der Waals surface area contributed by atoms with E-state index in [0.29, 0.717) is 25.9 Å². The molecule has 0 radical (unpaired) electrons. The van der Waals surface area contributed by atoms with Gasteiger partial charge in [-0.3, -0.25) is 9.59 Å². The molecule has 0 aliphatic heterocycles. The van der Waals surface area contributed by atoms with E-state index in [9.17, 15) is 19.8 Å². The number of unbranched alkanes of at least 4 members (excludes halogenated alkanes) is 56. The maximum atomic E-state index is 12.5. The summed E-state index contributed by atoms with van der Waals surface area (Å²) in [6, 6.07) is -0.539. The largest absolute Gasteiger partial charge is 0.466 e. The number of ether oxygens (including phenoxy) is 1. The Kier molecular flexibility index (Phi) is 70.4. The van der Waals surface area contributed by atoms with Gasteiger partial charge in [-0.25, -0.2) is 0 Å². The zero-order valence-corrected chi connectivity index (χ0v) is 55.8. The van der Waals surface area contributed by atoms with Crippen LogP contribution in [-0.2, 0) is 14.3 Å². The number of nitrogens with one attached hydrogen (secondary N) is 1. The molecule has 3 N–H and O–H groups in total. The van der Waals surface area contributed by atoms with Crippen LogP contribution in [0, 0.1) is 0 Å². The maximum Gasteiger partial charge on any atom is 0.305 e. The molecule has 0 saturated carbocycles. The molecule has 0 fully saturated rings. The molecular formula is C76H147NO5. The molecule has 0 aliphatic carbocycles. The summed E-state index contributed by atoms with van der Waals surface area (Å²) >= 11 is 0. The van der Waals surface area contributed by atoms with Gasteiger partial charge in [0.25, 0.3) is 0 Å². The van der Waals surface area contributed by atoms with Crippen LogP contribution in [0.2, 0.25) is 0 Å². The van der Waals surface area contributed by atoms with Crippen LogP contribution in [0.15, 0.2) is 24.3 Å². The average Bonchev–Trinajstić information content (AvgIpc) is 3.48. The Morgan fingerprint density at radius 3 is 0.866 bits per heavy atom. The third kappa shape index (κ3) is 67.5. The topological polar surface area (TPSA) is 95.9 Å². The van der Waals surface area contributed by atoms with Gasteiger partial charge in [0, 0.05) is 12.8 Å². The van der Waals surface area contributed by atoms with Gasteiger partial charge in [0.05, 0.1) is 25.4 Å². The van der Waals surface area contributed by atoms with E-state index in [2.05, 4.69) is 43.5 Å². The van der Waals surface area contributed by atoms with Crippen molar-refractivity contribution in [2.45, 2.75) is 437 Å². The summed E-state index contributed by atoms with van der Waals surface area (Å²) in [5.41, 5.74) is 0. The van der Waals surface area contributed by atoms with Crippen molar-refractivity contribution in [2.24, 2.45) is 0 Å². The number of allylic oxidation sites excluding steroid dienone is 4. The van der Waals surface area contributed by atoms with Gasteiger partial charge in [0.15, 0.2) is 0 Å². The third-order valence-electron chi connectivity index (χ3n) is 17.7. The summed E-state index contributed by atoms with van der Waals surface area (Å²) < 4.78 is 5.49. The van der Waals surface area contributed by atoms with Crippen molar-refractivity contribution in [1.29, 1.82) is 0 Å². The second kappa shape index (κ2) is 71.8. The van der Waals surface area contributed by atoms with E-state index in [1.807, 2.05) is 0 Å². The van der Waals surface area contributed by atoms with Gasteiger partial charge in [0.2, 0.25) is 5.91 Å². The van der Waals surface area contributed by atoms with E-state index in [-0.39, 0.29) is 18.5 Å². The Hall–Kier alpha value is -1.66. The molecule has 6 heteroatoms. The summed E-state index contributed by atoms with van der Waals surface area (Å²) in [5, 5.41) is 23.4. The van der Waals surface area contributed by atoms with Crippen LogP contribution in [0.4, 0.5) is 0 Å². The molecule has 0 rings (SSSR count). The molecule has 0 heterocycles. The van der Waals surface area contributed by atoms with E-state index >= 15 is 0 Å². The van der Waals surface area contributed by atoms with Crippen LogP contribution >= 0.6 is 0 Å². The molecule has 2 atom stereocenters. The highest BCUT2D eigenvalue weighted by Crippen LogP contribution is 2.19. The van der Waals surface area contributed by atoms with Crippen LogP contribution in [-0.4, -0.2) is 47.4 Å². The molecule has 0 spiro atoms. The second-order valence-corrected chi connectivity index (χ2v) is 26.0. The summed E-state index contributed by atoms with van der Waals surface area (Å²) in [5.74, 6) is -0.0167. The number of hydrogen-bond acceptors (Lipinski definition) is 5. The Morgan fingerprint density at radius 2 is 0.573 bits per heavy atom. The van der Waals surface area contributed by atoms with Crippen LogP contribution in [0.25, 0.3) is 0 Å². The highest BCUT2D eigenvalue weighted by Gasteiger charge is 2.20. The summed E-state index contributed by atoms with van der Waals surface area (Å²) in [6.45, 7) is 4.98. The van der Waals surface area contributed by atoms with E-state index in [1.54, 1.807) is 0 Å². The number of rotatable bonds is 71. The monoisotopic (exact) mass is 1150 g/mol. The molecule has 0 aromatic carbocycles. The molecule has 2 unspecified atom stereocenters. The fraction of sp³-hybridized carbons (Fsp3) is 0.921. The zero-order valence-electron chi connectivity index (χ0n) is 55.8. The van der Waals surface area contributed by atoms with Crippen LogP contribution in [0.5, 0.6) is 0 Å². The average molecular weight is 1160 g/mol. The van der Waals surface area contributed by atoms with Crippen molar-refractivity contribution in [1.82, 2.24) is 5.32 Å². The predicted octanol–water partition coefficient (Wildman–Crippen LogP) is 24.5. The molecule has 0 saturated heterocycles. The molecular weight excluding hydrogens is 1010 g/mol. The fourth-order valence-electron chi connectivity index (χ4n) is 12.0. The van der Waals surface area contributed by atoms with Crippen molar-refractivity contribution in [2.75, 3.05) is 13.2 Å². The van der Waals surface area contributed by atoms with Gasteiger partial charge >= 0.3 is 5.97 Å². The lowest BCUT2D eigenvalue weighted by atomic mass is 10.0. The molecule has 0 bridgehead atoms. The first kappa shape index (κ1) is 80.3. The number of amides is 1. The van der Waals surface area contributed by atoms with Gasteiger partial charge in [0.1, 0.15) is 0 Å². The number of carbonyl (C=O) groups is 2. The minimum absolute atomic E-state index is 0.0109. The fourth-order valence-corrected chi connectivity index (χ4v) is 12.0. The lowest BCUT2D eigenvalue weighted by molar-refractivity contribution is -0.143. The molecule has 486 valence electrons. The van der Waals surface area contributed by atoms with Crippen LogP contribution in [0.1, 0.15) is 425 Å². The van der Waals surface area contributed by atoms with Crippen molar-refractivity contribution in [3.63, 3.8) is 0 Å². The van der Waals surface area contributed by atoms with Gasteiger partial charge in [-0.1, -0.05) is 359 Å². The molecule has 82 heavy (non-hydrogen) atoms. The van der Waals surface area contributed by atoms with E-state index in [4.69, 9.17) is 4.74 Å². The minimum Gasteiger partial charge on any atom is -0.466 e. The van der Waals surface area contributed by atoms with Crippen molar-refractivity contribution in [3.05, 3.63) is 24.3 Å². The zero-order chi connectivity index (χ0) is 59.2. The van der Waals surface area contributed by atoms with E-state index in [0.717, 1.165) is 44.9 Å². The number of carbonyl (C=O) groups excluding carboxylic acids is 2. The lowest BCUT2D eigenvalue weighted by Crippen LogP contribution is -2.45. The Morgan fingerprint density at radius 1 is 0.329 bits per heavy atom. The third-order valence-corrected chi connectivity index (χ3v) is 17.7. The van der Waals surface area contributed by atoms with Gasteiger partial charge in [-0.15, -0.1) is 0 Å². The highest BCUT2D eigenvalue weighted by atomic mass is 16.5. The van der Waals surface area contributed by atoms with Crippen molar-refractivity contribution >= 4 is 11.9 Å². The summed E-state index contributed by atoms with van der Waals surface area (Å²) in [6.07, 6.45) is 91.1. The minimum atomic E-state index is -0.662. The SMILES string of the molecule is CCCCCCC/C=C\CCCCCCCC(=O)OCCCCCCCCCCCCCC/C=C\CCCCCCCCCCCCCCCCCCCC(=O)NC(CO)C(O)CCCCCCCCCCCCCCCCCCCC. The smallest absolute Gasteiger partial charge is 0.305 e. The van der Waals surface area contributed by atoms with Crippen molar-refractivity contribution in [3.8, 4) is 0 Å². The standard InChI is InChI=1S/C76H147NO5/c1-3-5-7-9-11-13-15-17-19-20-38-41-44-48-52-56-60-64-68-74(79)73(72-78)77-75(80)69-65-61-57-53-49-45-42-39-36-34-32-30-28-26-24-22-21-23-25-27-29-31-33-35-37-40-43-47-51-55-59-63-67-71-82-76(81)70-66-62-58-54-50-46-18-16-14-12-10-8-6-4-2/h16,18,25,27,73-74,78-79H,3-15,17,19-24,26,28-72H2,1-2H3,(H,77,80)/b18-16-,27-25-. The van der Waals surface area contributed by atoms with Crippen LogP contribution < -0.4 is 5.32 Å². The summed E-state index contributed by atoms with van der Waals surface area (Å²) in [4.78, 5) is 24.6. The molecule has 1 amide bonds. The van der Waals surface area contributed by atoms with E-state index in [1.165, 1.54) is 347 Å². The lowest BCUT2D eigenvalue weighted by Gasteiger charge is -2.22. The normalized spacial score (nSPS) is 12.6. The molecule has 0 aromatic rings. The molecule has 6 nitrogen and oxygen atoms in total. The van der Waals surface area contributed by atoms with Crippen LogP contribution in [0.3, 0.4) is 0 Å². The predicted molar refractivity (Wildman–Crippen MR) is 361 cm³/mol. The first-order valence-corrected chi connectivity index (χ1v) is 37.6. The quantitative estimate of drug-likeness (QED) is 0.0320. The number of esters is 1. The van der Waals surface area contributed by atoms with Gasteiger partial charge in [-0.05, 0) is 77.0 Å². The van der Waals surface area contributed by atoms with Gasteiger partial charge in [-0.2, -0.15) is 0 Å². The number of aliphatic hydroxyl groups is 2. The highest BCUT2D eigenvalue weighted by molar-refractivity contribution is 5.76. The Bertz CT molecular complexity index is 1280. The first-order chi connectivity index (χ1) is 40.5. The Labute approximate surface area is 513 Å². The summed E-state index contributed by atoms with van der Waals surface area (Å²) in [7, 11) is 0. The maximum absolute atomic E-state index is 12.5. The second-order valence-electron chi connectivity index (χ2n) is 26.0. The Balaban J connectivity index is 3.35. The number of hydrogen-bond donors (Lipinski definition) is 3. The van der Waals surface area contributed by atoms with E-state index < -0.39 is 12.1 Å². The van der Waals surface area contributed by atoms with Gasteiger partial charge < -0.3 is 20.3 Å².